The number of likely N-dealkylation sites (tertiary alicyclic amines) is 1. The summed E-state index contributed by atoms with van der Waals surface area (Å²) in [5.41, 5.74) is 0.900. The van der Waals surface area contributed by atoms with Crippen LogP contribution in [0.1, 0.15) is 12.1 Å². The number of carboxylic acid groups (broad SMARTS) is 1. The maximum atomic E-state index is 10.6. The van der Waals surface area contributed by atoms with Gasteiger partial charge in [-0.25, -0.2) is 0 Å². The second kappa shape index (κ2) is 5.14. The number of nitrogens with zero attached hydrogens (tertiary/aromatic N) is 2. The maximum Gasteiger partial charge on any atom is 0.303 e. The van der Waals surface area contributed by atoms with E-state index in [0.29, 0.717) is 0 Å². The first-order valence-corrected chi connectivity index (χ1v) is 7.02. The second-order valence-corrected chi connectivity index (χ2v) is 5.77. The topological polar surface area (TPSA) is 66.6 Å². The minimum absolute atomic E-state index is 0.260. The van der Waals surface area contributed by atoms with Gasteiger partial charge in [0.2, 0.25) is 0 Å². The van der Waals surface area contributed by atoms with Crippen molar-refractivity contribution in [1.29, 1.82) is 0 Å². The molecule has 0 spiro atoms. The van der Waals surface area contributed by atoms with Gasteiger partial charge < -0.3 is 9.63 Å². The number of aromatic nitrogens is 1. The Balaban J connectivity index is 1.53. The van der Waals surface area contributed by atoms with Crippen molar-refractivity contribution in [3.8, 4) is 10.6 Å². The summed E-state index contributed by atoms with van der Waals surface area (Å²) >= 11 is 1.62. The third-order valence-corrected chi connectivity index (χ3v) is 4.09. The zero-order chi connectivity index (χ0) is 13.2. The van der Waals surface area contributed by atoms with Crippen molar-refractivity contribution in [3.05, 3.63) is 29.3 Å². The van der Waals surface area contributed by atoms with Gasteiger partial charge in [-0.2, -0.15) is 0 Å². The van der Waals surface area contributed by atoms with Gasteiger partial charge in [0.25, 0.3) is 0 Å². The van der Waals surface area contributed by atoms with E-state index < -0.39 is 5.97 Å². The van der Waals surface area contributed by atoms with Crippen LogP contribution in [0.15, 0.2) is 28.1 Å². The predicted octanol–water partition coefficient (Wildman–Crippen LogP) is 2.31. The maximum absolute atomic E-state index is 10.6. The van der Waals surface area contributed by atoms with Crippen LogP contribution in [0.2, 0.25) is 0 Å². The number of carbonyl (C=O) groups is 1. The zero-order valence-corrected chi connectivity index (χ0v) is 11.1. The van der Waals surface area contributed by atoms with E-state index in [2.05, 4.69) is 10.1 Å². The largest absolute Gasteiger partial charge is 0.481 e. The summed E-state index contributed by atoms with van der Waals surface area (Å²) in [4.78, 5) is 13.8. The molecular formula is C13H14N2O3S. The zero-order valence-electron chi connectivity index (χ0n) is 10.3. The molecule has 0 bridgehead atoms. The average molecular weight is 278 g/mol. The van der Waals surface area contributed by atoms with E-state index in [-0.39, 0.29) is 12.3 Å². The van der Waals surface area contributed by atoms with Crippen molar-refractivity contribution in [3.63, 3.8) is 0 Å². The SMILES string of the molecule is O=C(O)CC1CN(Cc2cc(-c3cccs3)on2)C1. The van der Waals surface area contributed by atoms with Crippen LogP contribution in [0, 0.1) is 5.92 Å². The molecule has 2 aromatic heterocycles. The molecule has 0 aromatic carbocycles. The van der Waals surface area contributed by atoms with E-state index >= 15 is 0 Å². The molecule has 0 radical (unpaired) electrons. The van der Waals surface area contributed by atoms with Gasteiger partial charge in [0.1, 0.15) is 0 Å². The van der Waals surface area contributed by atoms with E-state index in [0.717, 1.165) is 36.0 Å². The van der Waals surface area contributed by atoms with E-state index in [4.69, 9.17) is 9.63 Å². The summed E-state index contributed by atoms with van der Waals surface area (Å²) in [5, 5.41) is 14.7. The Morgan fingerprint density at radius 3 is 3.11 bits per heavy atom. The van der Waals surface area contributed by atoms with Crippen LogP contribution >= 0.6 is 11.3 Å². The Morgan fingerprint density at radius 1 is 1.58 bits per heavy atom. The first kappa shape index (κ1) is 12.4. The summed E-state index contributed by atoms with van der Waals surface area (Å²) in [6.07, 6.45) is 0.260. The Kier molecular flexibility index (Phi) is 3.35. The summed E-state index contributed by atoms with van der Waals surface area (Å²) in [6, 6.07) is 5.94. The fraction of sp³-hybridized carbons (Fsp3) is 0.385. The monoisotopic (exact) mass is 278 g/mol. The lowest BCUT2D eigenvalue weighted by atomic mass is 9.96. The molecule has 5 nitrogen and oxygen atoms in total. The van der Waals surface area contributed by atoms with Crippen LogP contribution in [0.4, 0.5) is 0 Å². The van der Waals surface area contributed by atoms with Gasteiger partial charge in [0.15, 0.2) is 5.76 Å². The molecule has 1 N–H and O–H groups in total. The highest BCUT2D eigenvalue weighted by molar-refractivity contribution is 7.13. The number of hydrogen-bond acceptors (Lipinski definition) is 5. The Morgan fingerprint density at radius 2 is 2.42 bits per heavy atom. The number of carboxylic acids is 1. The number of rotatable bonds is 5. The molecule has 19 heavy (non-hydrogen) atoms. The Bertz CT molecular complexity index is 558. The van der Waals surface area contributed by atoms with E-state index in [1.807, 2.05) is 23.6 Å². The standard InChI is InChI=1S/C13H14N2O3S/c16-13(17)4-9-6-15(7-9)8-10-5-11(18-14-10)12-2-1-3-19-12/h1-3,5,9H,4,6-8H2,(H,16,17). The molecule has 3 heterocycles. The smallest absolute Gasteiger partial charge is 0.303 e. The summed E-state index contributed by atoms with van der Waals surface area (Å²) in [5.74, 6) is 0.361. The first-order chi connectivity index (χ1) is 9.20. The van der Waals surface area contributed by atoms with Crippen molar-refractivity contribution in [2.75, 3.05) is 13.1 Å². The average Bonchev–Trinajstić information content (AvgIpc) is 2.95. The van der Waals surface area contributed by atoms with Crippen LogP contribution in [0.5, 0.6) is 0 Å². The third-order valence-electron chi connectivity index (χ3n) is 3.20. The van der Waals surface area contributed by atoms with Gasteiger partial charge in [-0.05, 0) is 17.4 Å². The lowest BCUT2D eigenvalue weighted by molar-refractivity contribution is -0.139. The van der Waals surface area contributed by atoms with Crippen molar-refractivity contribution in [2.24, 2.45) is 5.92 Å². The van der Waals surface area contributed by atoms with Crippen molar-refractivity contribution in [2.45, 2.75) is 13.0 Å². The molecule has 0 atom stereocenters. The van der Waals surface area contributed by atoms with E-state index in [1.165, 1.54) is 0 Å². The van der Waals surface area contributed by atoms with Gasteiger partial charge >= 0.3 is 5.97 Å². The Hall–Kier alpha value is -1.66. The van der Waals surface area contributed by atoms with Crippen LogP contribution in [-0.2, 0) is 11.3 Å². The molecule has 1 saturated heterocycles. The molecular weight excluding hydrogens is 264 g/mol. The predicted molar refractivity (Wildman–Crippen MR) is 70.8 cm³/mol. The number of thiophene rings is 1. The van der Waals surface area contributed by atoms with E-state index in [9.17, 15) is 4.79 Å². The lowest BCUT2D eigenvalue weighted by Gasteiger charge is -2.37. The summed E-state index contributed by atoms with van der Waals surface area (Å²) < 4.78 is 5.31. The van der Waals surface area contributed by atoms with Crippen molar-refractivity contribution < 1.29 is 14.4 Å². The molecule has 1 aliphatic rings. The molecule has 3 rings (SSSR count). The highest BCUT2D eigenvalue weighted by Gasteiger charge is 2.29. The summed E-state index contributed by atoms with van der Waals surface area (Å²) in [6.45, 7) is 2.38. The quantitative estimate of drug-likeness (QED) is 0.909. The van der Waals surface area contributed by atoms with Crippen LogP contribution in [0.25, 0.3) is 10.6 Å². The molecule has 2 aromatic rings. The number of hydrogen-bond donors (Lipinski definition) is 1. The van der Waals surface area contributed by atoms with Crippen molar-refractivity contribution in [1.82, 2.24) is 10.1 Å². The summed E-state index contributed by atoms with van der Waals surface area (Å²) in [7, 11) is 0. The van der Waals surface area contributed by atoms with Crippen LogP contribution < -0.4 is 0 Å². The van der Waals surface area contributed by atoms with E-state index in [1.54, 1.807) is 11.3 Å². The fourth-order valence-corrected chi connectivity index (χ4v) is 3.01. The third kappa shape index (κ3) is 2.85. The minimum atomic E-state index is -0.717. The van der Waals surface area contributed by atoms with Crippen LogP contribution in [-0.4, -0.2) is 34.2 Å². The van der Waals surface area contributed by atoms with Gasteiger partial charge in [-0.1, -0.05) is 11.2 Å². The van der Waals surface area contributed by atoms with Crippen LogP contribution in [0.3, 0.4) is 0 Å². The molecule has 1 fully saturated rings. The first-order valence-electron chi connectivity index (χ1n) is 6.14. The minimum Gasteiger partial charge on any atom is -0.481 e. The molecule has 100 valence electrons. The second-order valence-electron chi connectivity index (χ2n) is 4.82. The van der Waals surface area contributed by atoms with Gasteiger partial charge in [-0.15, -0.1) is 11.3 Å². The lowest BCUT2D eigenvalue weighted by Crippen LogP contribution is -2.46. The highest BCUT2D eigenvalue weighted by atomic mass is 32.1. The molecule has 0 unspecified atom stereocenters. The molecule has 6 heteroatoms. The van der Waals surface area contributed by atoms with Gasteiger partial charge in [0, 0.05) is 25.7 Å². The highest BCUT2D eigenvalue weighted by Crippen LogP contribution is 2.27. The fourth-order valence-electron chi connectivity index (χ4n) is 2.33. The van der Waals surface area contributed by atoms with Gasteiger partial charge in [-0.3, -0.25) is 9.69 Å². The Labute approximate surface area is 114 Å². The van der Waals surface area contributed by atoms with Crippen molar-refractivity contribution >= 4 is 17.3 Å². The molecule has 0 amide bonds. The molecule has 1 aliphatic heterocycles. The molecule has 0 saturated carbocycles. The molecule has 0 aliphatic carbocycles. The van der Waals surface area contributed by atoms with Gasteiger partial charge in [0.05, 0.1) is 17.0 Å². The number of aliphatic carboxylic acids is 1. The normalized spacial score (nSPS) is 16.4.